The Balaban J connectivity index is 2.55. The van der Waals surface area contributed by atoms with E-state index in [1.54, 1.807) is 13.0 Å². The van der Waals surface area contributed by atoms with Crippen LogP contribution in [0.5, 0.6) is 0 Å². The molecule has 1 heterocycles. The number of amides is 1. The van der Waals surface area contributed by atoms with Gasteiger partial charge in [-0.2, -0.15) is 13.2 Å². The molecule has 2 atom stereocenters. The van der Waals surface area contributed by atoms with E-state index in [1.165, 1.54) is 12.1 Å². The second-order valence-electron chi connectivity index (χ2n) is 5.05. The first-order valence-electron chi connectivity index (χ1n) is 5.93. The maximum atomic E-state index is 13.1. The zero-order valence-corrected chi connectivity index (χ0v) is 10.4. The van der Waals surface area contributed by atoms with E-state index in [0.29, 0.717) is 13.1 Å². The first-order valence-corrected chi connectivity index (χ1v) is 5.93. The molecule has 1 aromatic carbocycles. The monoisotopic (exact) mass is 272 g/mol. The minimum Gasteiger partial charge on any atom is -0.369 e. The zero-order valence-electron chi connectivity index (χ0n) is 10.4. The van der Waals surface area contributed by atoms with Crippen molar-refractivity contribution in [3.63, 3.8) is 0 Å². The fourth-order valence-corrected chi connectivity index (χ4v) is 2.75. The lowest BCUT2D eigenvalue weighted by molar-refractivity contribution is -0.139. The second kappa shape index (κ2) is 4.52. The van der Waals surface area contributed by atoms with Crippen LogP contribution in [0, 0.1) is 5.92 Å². The van der Waals surface area contributed by atoms with Gasteiger partial charge in [0.15, 0.2) is 0 Å². The van der Waals surface area contributed by atoms with Gasteiger partial charge < -0.3 is 11.1 Å². The minimum atomic E-state index is -4.44. The number of benzene rings is 1. The molecule has 0 saturated carbocycles. The SMILES string of the molecule is CC1(c2ccccc2C(F)(F)F)CNCC1C(N)=O. The summed E-state index contributed by atoms with van der Waals surface area (Å²) in [6.07, 6.45) is -4.44. The molecule has 0 spiro atoms. The molecule has 1 aliphatic rings. The van der Waals surface area contributed by atoms with Crippen molar-refractivity contribution in [1.29, 1.82) is 0 Å². The maximum Gasteiger partial charge on any atom is 0.416 e. The topological polar surface area (TPSA) is 55.1 Å². The third kappa shape index (κ3) is 2.32. The van der Waals surface area contributed by atoms with Crippen molar-refractivity contribution in [2.75, 3.05) is 13.1 Å². The molecule has 0 bridgehead atoms. The van der Waals surface area contributed by atoms with Crippen LogP contribution in [0.15, 0.2) is 24.3 Å². The molecule has 1 aliphatic heterocycles. The normalized spacial score (nSPS) is 27.5. The number of halogens is 3. The number of rotatable bonds is 2. The highest BCUT2D eigenvalue weighted by atomic mass is 19.4. The molecule has 0 radical (unpaired) electrons. The Kier molecular flexibility index (Phi) is 3.30. The predicted molar refractivity (Wildman–Crippen MR) is 64.4 cm³/mol. The van der Waals surface area contributed by atoms with E-state index in [2.05, 4.69) is 5.32 Å². The highest BCUT2D eigenvalue weighted by Crippen LogP contribution is 2.42. The third-order valence-electron chi connectivity index (χ3n) is 3.80. The Morgan fingerprint density at radius 2 is 2.05 bits per heavy atom. The molecule has 2 rings (SSSR count). The molecule has 19 heavy (non-hydrogen) atoms. The Bertz CT molecular complexity index is 501. The number of nitrogens with one attached hydrogen (secondary N) is 1. The smallest absolute Gasteiger partial charge is 0.369 e. The van der Waals surface area contributed by atoms with E-state index in [1.807, 2.05) is 0 Å². The largest absolute Gasteiger partial charge is 0.416 e. The predicted octanol–water partition coefficient (Wildman–Crippen LogP) is 1.67. The van der Waals surface area contributed by atoms with Gasteiger partial charge in [0.25, 0.3) is 0 Å². The number of carbonyl (C=O) groups excluding carboxylic acids is 1. The number of nitrogens with two attached hydrogens (primary N) is 1. The van der Waals surface area contributed by atoms with Crippen LogP contribution >= 0.6 is 0 Å². The van der Waals surface area contributed by atoms with Crippen LogP contribution in [-0.2, 0) is 16.4 Å². The standard InChI is InChI=1S/C13H15F3N2O/c1-12(7-18-6-10(12)11(17)19)8-4-2-3-5-9(8)13(14,15)16/h2-5,10,18H,6-7H2,1H3,(H2,17,19). The molecule has 6 heteroatoms. The number of primary amides is 1. The average Bonchev–Trinajstić information content (AvgIpc) is 2.72. The minimum absolute atomic E-state index is 0.122. The van der Waals surface area contributed by atoms with E-state index in [4.69, 9.17) is 5.73 Å². The fourth-order valence-electron chi connectivity index (χ4n) is 2.75. The number of hydrogen-bond acceptors (Lipinski definition) is 2. The molecule has 1 saturated heterocycles. The van der Waals surface area contributed by atoms with Crippen molar-refractivity contribution < 1.29 is 18.0 Å². The van der Waals surface area contributed by atoms with E-state index >= 15 is 0 Å². The van der Waals surface area contributed by atoms with Gasteiger partial charge in [-0.1, -0.05) is 25.1 Å². The summed E-state index contributed by atoms with van der Waals surface area (Å²) in [6, 6.07) is 5.35. The van der Waals surface area contributed by atoms with Gasteiger partial charge >= 0.3 is 6.18 Å². The summed E-state index contributed by atoms with van der Waals surface area (Å²) >= 11 is 0. The molecule has 0 aromatic heterocycles. The van der Waals surface area contributed by atoms with Crippen LogP contribution < -0.4 is 11.1 Å². The molecule has 3 nitrogen and oxygen atoms in total. The summed E-state index contributed by atoms with van der Waals surface area (Å²) in [7, 11) is 0. The second-order valence-corrected chi connectivity index (χ2v) is 5.05. The molecule has 1 amide bonds. The first-order chi connectivity index (χ1) is 8.77. The van der Waals surface area contributed by atoms with Crippen LogP contribution in [-0.4, -0.2) is 19.0 Å². The lowest BCUT2D eigenvalue weighted by Gasteiger charge is -2.31. The van der Waals surface area contributed by atoms with E-state index in [9.17, 15) is 18.0 Å². The summed E-state index contributed by atoms with van der Waals surface area (Å²) in [6.45, 7) is 2.25. The fraction of sp³-hybridized carbons (Fsp3) is 0.462. The molecular weight excluding hydrogens is 257 g/mol. The number of alkyl halides is 3. The quantitative estimate of drug-likeness (QED) is 0.860. The zero-order chi connectivity index (χ0) is 14.3. The summed E-state index contributed by atoms with van der Waals surface area (Å²) in [5.74, 6) is -1.22. The molecule has 3 N–H and O–H groups in total. The molecular formula is C13H15F3N2O. The van der Waals surface area contributed by atoms with Crippen LogP contribution in [0.1, 0.15) is 18.1 Å². The van der Waals surface area contributed by atoms with Crippen molar-refractivity contribution in [2.24, 2.45) is 11.7 Å². The van der Waals surface area contributed by atoms with Crippen molar-refractivity contribution in [3.05, 3.63) is 35.4 Å². The highest BCUT2D eigenvalue weighted by Gasteiger charge is 2.47. The lowest BCUT2D eigenvalue weighted by Crippen LogP contribution is -2.41. The number of hydrogen-bond donors (Lipinski definition) is 2. The lowest BCUT2D eigenvalue weighted by atomic mass is 9.72. The van der Waals surface area contributed by atoms with E-state index < -0.39 is 29.0 Å². The maximum absolute atomic E-state index is 13.1. The van der Waals surface area contributed by atoms with Gasteiger partial charge in [-0.25, -0.2) is 0 Å². The van der Waals surface area contributed by atoms with Crippen molar-refractivity contribution in [2.45, 2.75) is 18.5 Å². The Morgan fingerprint density at radius 1 is 1.42 bits per heavy atom. The molecule has 0 aliphatic carbocycles. The van der Waals surface area contributed by atoms with Crippen molar-refractivity contribution in [3.8, 4) is 0 Å². The van der Waals surface area contributed by atoms with Gasteiger partial charge in [0.2, 0.25) is 5.91 Å². The first kappa shape index (κ1) is 13.9. The van der Waals surface area contributed by atoms with Crippen molar-refractivity contribution in [1.82, 2.24) is 5.32 Å². The third-order valence-corrected chi connectivity index (χ3v) is 3.80. The number of carbonyl (C=O) groups is 1. The van der Waals surface area contributed by atoms with Crippen LogP contribution in [0.2, 0.25) is 0 Å². The van der Waals surface area contributed by atoms with Gasteiger partial charge in [0, 0.05) is 18.5 Å². The average molecular weight is 272 g/mol. The van der Waals surface area contributed by atoms with Gasteiger partial charge in [-0.05, 0) is 11.6 Å². The van der Waals surface area contributed by atoms with E-state index in [0.717, 1.165) is 6.07 Å². The van der Waals surface area contributed by atoms with Gasteiger partial charge in [-0.3, -0.25) is 4.79 Å². The van der Waals surface area contributed by atoms with Crippen LogP contribution in [0.4, 0.5) is 13.2 Å². The molecule has 1 fully saturated rings. The summed E-state index contributed by atoms with van der Waals surface area (Å²) < 4.78 is 39.2. The van der Waals surface area contributed by atoms with Crippen LogP contribution in [0.25, 0.3) is 0 Å². The summed E-state index contributed by atoms with van der Waals surface area (Å²) in [5, 5.41) is 2.95. The Hall–Kier alpha value is -1.56. The van der Waals surface area contributed by atoms with Gasteiger partial charge in [-0.15, -0.1) is 0 Å². The van der Waals surface area contributed by atoms with Gasteiger partial charge in [0.1, 0.15) is 0 Å². The van der Waals surface area contributed by atoms with Crippen LogP contribution in [0.3, 0.4) is 0 Å². The summed E-state index contributed by atoms with van der Waals surface area (Å²) in [4.78, 5) is 11.5. The van der Waals surface area contributed by atoms with Gasteiger partial charge in [0.05, 0.1) is 11.5 Å². The van der Waals surface area contributed by atoms with Crippen molar-refractivity contribution >= 4 is 5.91 Å². The molecule has 104 valence electrons. The molecule has 2 unspecified atom stereocenters. The summed E-state index contributed by atoms with van der Waals surface area (Å²) in [5.41, 5.74) is 3.80. The van der Waals surface area contributed by atoms with E-state index in [-0.39, 0.29) is 5.56 Å². The Labute approximate surface area is 109 Å². The highest BCUT2D eigenvalue weighted by molar-refractivity contribution is 5.79. The Morgan fingerprint density at radius 3 is 2.63 bits per heavy atom. The molecule has 1 aromatic rings.